The Morgan fingerprint density at radius 2 is 2.00 bits per heavy atom. The van der Waals surface area contributed by atoms with Crippen LogP contribution in [0.4, 0.5) is 0 Å². The number of carboxylic acids is 1. The summed E-state index contributed by atoms with van der Waals surface area (Å²) in [6, 6.07) is 6.50. The molecule has 146 valence electrons. The Labute approximate surface area is 163 Å². The standard InChI is InChI=1S/C21H22N2O5/c1-27-16-10-9-14(12-17(16)28-15-6-2-3-7-15)21(13-22)11-5-4-8-18(21)23-19(24)20(25)26/h4-5,8-12,15,18H,2-3,6-7H2,1H3,(H,23,24)(H,25,26)/p-1. The molecule has 2 unspecified atom stereocenters. The number of benzene rings is 1. The number of rotatable bonds is 5. The molecule has 0 saturated heterocycles. The predicted octanol–water partition coefficient (Wildman–Crippen LogP) is 1.14. The quantitative estimate of drug-likeness (QED) is 0.766. The number of carboxylic acid groups (broad SMARTS) is 1. The van der Waals surface area contributed by atoms with Gasteiger partial charge in [-0.05, 0) is 43.4 Å². The Balaban J connectivity index is 1.98. The molecule has 0 radical (unpaired) electrons. The van der Waals surface area contributed by atoms with Crippen LogP contribution < -0.4 is 19.9 Å². The first-order valence-corrected chi connectivity index (χ1v) is 9.14. The van der Waals surface area contributed by atoms with E-state index in [1.807, 2.05) is 0 Å². The summed E-state index contributed by atoms with van der Waals surface area (Å²) >= 11 is 0. The number of ether oxygens (including phenoxy) is 2. The first-order chi connectivity index (χ1) is 13.5. The van der Waals surface area contributed by atoms with Crippen LogP contribution in [0.25, 0.3) is 0 Å². The Morgan fingerprint density at radius 1 is 1.25 bits per heavy atom. The fraction of sp³-hybridized carbons (Fsp3) is 0.381. The van der Waals surface area contributed by atoms with Crippen molar-refractivity contribution in [3.05, 3.63) is 48.1 Å². The topological polar surface area (TPSA) is 111 Å². The molecule has 2 atom stereocenters. The van der Waals surface area contributed by atoms with E-state index in [9.17, 15) is 20.0 Å². The first kappa shape index (κ1) is 19.5. The highest BCUT2D eigenvalue weighted by molar-refractivity contribution is 6.30. The Bertz CT molecular complexity index is 864. The Morgan fingerprint density at radius 3 is 2.64 bits per heavy atom. The highest BCUT2D eigenvalue weighted by Gasteiger charge is 2.40. The normalized spacial score (nSPS) is 23.8. The number of hydrogen-bond acceptors (Lipinski definition) is 6. The zero-order valence-electron chi connectivity index (χ0n) is 15.5. The third kappa shape index (κ3) is 3.72. The largest absolute Gasteiger partial charge is 0.540 e. The smallest absolute Gasteiger partial charge is 0.267 e. The highest BCUT2D eigenvalue weighted by Crippen LogP contribution is 2.39. The van der Waals surface area contributed by atoms with Gasteiger partial charge in [0.25, 0.3) is 5.91 Å². The molecule has 0 heterocycles. The molecule has 0 spiro atoms. The van der Waals surface area contributed by atoms with Gasteiger partial charge < -0.3 is 24.7 Å². The number of nitrogens with one attached hydrogen (secondary N) is 1. The van der Waals surface area contributed by atoms with Crippen LogP contribution in [-0.2, 0) is 15.0 Å². The van der Waals surface area contributed by atoms with Gasteiger partial charge in [0.2, 0.25) is 0 Å². The average Bonchev–Trinajstić information content (AvgIpc) is 3.21. The van der Waals surface area contributed by atoms with Crippen LogP contribution in [0.5, 0.6) is 11.5 Å². The van der Waals surface area contributed by atoms with Crippen molar-refractivity contribution in [3.63, 3.8) is 0 Å². The van der Waals surface area contributed by atoms with E-state index in [1.54, 1.807) is 49.6 Å². The van der Waals surface area contributed by atoms with E-state index in [0.29, 0.717) is 17.1 Å². The Kier molecular flexibility index (Phi) is 5.69. The minimum absolute atomic E-state index is 0.0950. The molecule has 1 saturated carbocycles. The number of allylic oxidation sites excluding steroid dienone is 2. The van der Waals surface area contributed by atoms with Crippen molar-refractivity contribution in [1.82, 2.24) is 5.32 Å². The van der Waals surface area contributed by atoms with Crippen LogP contribution in [0.15, 0.2) is 42.5 Å². The molecule has 0 bridgehead atoms. The van der Waals surface area contributed by atoms with Crippen molar-refractivity contribution in [2.75, 3.05) is 7.11 Å². The molecule has 1 N–H and O–H groups in total. The monoisotopic (exact) mass is 381 g/mol. The van der Waals surface area contributed by atoms with Crippen molar-refractivity contribution in [2.24, 2.45) is 0 Å². The lowest BCUT2D eigenvalue weighted by Gasteiger charge is -2.34. The maximum atomic E-state index is 11.7. The number of carbonyl (C=O) groups excluding carboxylic acids is 2. The SMILES string of the molecule is COc1ccc(C2(C#N)C=CC=CC2NC(=O)C(=O)[O-])cc1OC1CCCC1. The van der Waals surface area contributed by atoms with Gasteiger partial charge in [0.1, 0.15) is 11.4 Å². The average molecular weight is 381 g/mol. The molecule has 2 aliphatic carbocycles. The number of nitrogens with zero attached hydrogens (tertiary/aromatic N) is 1. The van der Waals surface area contributed by atoms with Crippen molar-refractivity contribution >= 4 is 11.9 Å². The van der Waals surface area contributed by atoms with Gasteiger partial charge in [-0.15, -0.1) is 0 Å². The summed E-state index contributed by atoms with van der Waals surface area (Å²) in [6.45, 7) is 0. The van der Waals surface area contributed by atoms with E-state index in [1.165, 1.54) is 0 Å². The molecule has 3 rings (SSSR count). The van der Waals surface area contributed by atoms with Crippen molar-refractivity contribution < 1.29 is 24.2 Å². The van der Waals surface area contributed by atoms with Gasteiger partial charge in [0.15, 0.2) is 11.5 Å². The molecule has 1 fully saturated rings. The molecule has 1 aromatic carbocycles. The van der Waals surface area contributed by atoms with E-state index in [4.69, 9.17) is 9.47 Å². The summed E-state index contributed by atoms with van der Waals surface area (Å²) in [5.74, 6) is -2.06. The lowest BCUT2D eigenvalue weighted by molar-refractivity contribution is -0.300. The van der Waals surface area contributed by atoms with Gasteiger partial charge in [-0.25, -0.2) is 0 Å². The van der Waals surface area contributed by atoms with E-state index >= 15 is 0 Å². The number of hydrogen-bond donors (Lipinski definition) is 1. The van der Waals surface area contributed by atoms with Gasteiger partial charge in [-0.3, -0.25) is 4.79 Å². The van der Waals surface area contributed by atoms with Gasteiger partial charge in [-0.1, -0.05) is 30.4 Å². The number of aliphatic carboxylic acids is 1. The van der Waals surface area contributed by atoms with Gasteiger partial charge in [0, 0.05) is 0 Å². The van der Waals surface area contributed by atoms with E-state index < -0.39 is 23.3 Å². The van der Waals surface area contributed by atoms with Crippen molar-refractivity contribution in [1.29, 1.82) is 5.26 Å². The lowest BCUT2D eigenvalue weighted by Crippen LogP contribution is -2.53. The number of methoxy groups -OCH3 is 1. The summed E-state index contributed by atoms with van der Waals surface area (Å²) in [5, 5.41) is 23.2. The van der Waals surface area contributed by atoms with Crippen LogP contribution in [-0.4, -0.2) is 31.1 Å². The molecule has 7 heteroatoms. The molecule has 0 aromatic heterocycles. The predicted molar refractivity (Wildman–Crippen MR) is 98.4 cm³/mol. The number of amides is 1. The summed E-state index contributed by atoms with van der Waals surface area (Å²) in [5.41, 5.74) is -0.729. The second-order valence-electron chi connectivity index (χ2n) is 6.85. The summed E-state index contributed by atoms with van der Waals surface area (Å²) in [7, 11) is 1.54. The van der Waals surface area contributed by atoms with Crippen LogP contribution >= 0.6 is 0 Å². The third-order valence-electron chi connectivity index (χ3n) is 5.16. The minimum atomic E-state index is -1.85. The Hall–Kier alpha value is -3.27. The second kappa shape index (κ2) is 8.17. The third-order valence-corrected chi connectivity index (χ3v) is 5.16. The van der Waals surface area contributed by atoms with Crippen molar-refractivity contribution in [3.8, 4) is 17.6 Å². The van der Waals surface area contributed by atoms with Gasteiger partial charge in [0.05, 0.1) is 25.3 Å². The molecular weight excluding hydrogens is 360 g/mol. The van der Waals surface area contributed by atoms with Crippen LogP contribution in [0.2, 0.25) is 0 Å². The molecule has 1 aromatic rings. The van der Waals surface area contributed by atoms with E-state index in [2.05, 4.69) is 11.4 Å². The zero-order valence-corrected chi connectivity index (χ0v) is 15.5. The molecule has 2 aliphatic rings. The molecule has 0 aliphatic heterocycles. The number of nitriles is 1. The first-order valence-electron chi connectivity index (χ1n) is 9.14. The molecular formula is C21H21N2O5-. The van der Waals surface area contributed by atoms with E-state index in [0.717, 1.165) is 25.7 Å². The maximum absolute atomic E-state index is 11.7. The van der Waals surface area contributed by atoms with Gasteiger partial charge >= 0.3 is 0 Å². The second-order valence-corrected chi connectivity index (χ2v) is 6.85. The molecule has 7 nitrogen and oxygen atoms in total. The maximum Gasteiger partial charge on any atom is 0.267 e. The number of carbonyl (C=O) groups is 2. The van der Waals surface area contributed by atoms with Crippen molar-refractivity contribution in [2.45, 2.75) is 43.2 Å². The summed E-state index contributed by atoms with van der Waals surface area (Å²) in [4.78, 5) is 22.5. The summed E-state index contributed by atoms with van der Waals surface area (Å²) < 4.78 is 11.5. The van der Waals surface area contributed by atoms with Gasteiger partial charge in [-0.2, -0.15) is 5.26 Å². The highest BCUT2D eigenvalue weighted by atomic mass is 16.5. The minimum Gasteiger partial charge on any atom is -0.540 e. The fourth-order valence-corrected chi connectivity index (χ4v) is 3.66. The van der Waals surface area contributed by atoms with Crippen LogP contribution in [0.1, 0.15) is 31.2 Å². The van der Waals surface area contributed by atoms with Crippen LogP contribution in [0, 0.1) is 11.3 Å². The van der Waals surface area contributed by atoms with Crippen LogP contribution in [0.3, 0.4) is 0 Å². The molecule has 28 heavy (non-hydrogen) atoms. The zero-order chi connectivity index (χ0) is 20.1. The lowest BCUT2D eigenvalue weighted by atomic mass is 9.73. The molecule has 1 amide bonds. The fourth-order valence-electron chi connectivity index (χ4n) is 3.66. The summed E-state index contributed by atoms with van der Waals surface area (Å²) in [6.07, 6.45) is 10.8. The van der Waals surface area contributed by atoms with E-state index in [-0.39, 0.29) is 6.10 Å².